The third-order valence-corrected chi connectivity index (χ3v) is 2.93. The summed E-state index contributed by atoms with van der Waals surface area (Å²) >= 11 is 0. The van der Waals surface area contributed by atoms with Crippen LogP contribution >= 0.6 is 0 Å². The van der Waals surface area contributed by atoms with Gasteiger partial charge in [0.25, 0.3) is 0 Å². The predicted octanol–water partition coefficient (Wildman–Crippen LogP) is 2.43. The number of ether oxygens (including phenoxy) is 1. The Morgan fingerprint density at radius 2 is 2.18 bits per heavy atom. The summed E-state index contributed by atoms with van der Waals surface area (Å²) < 4.78 is 5.25. The van der Waals surface area contributed by atoms with E-state index in [4.69, 9.17) is 4.74 Å². The Hall–Kier alpha value is -1.35. The van der Waals surface area contributed by atoms with E-state index in [0.717, 1.165) is 12.0 Å². The molecule has 0 spiro atoms. The first kappa shape index (κ1) is 13.7. The van der Waals surface area contributed by atoms with Crippen LogP contribution < -0.4 is 10.1 Å². The van der Waals surface area contributed by atoms with Crippen LogP contribution in [0.25, 0.3) is 0 Å². The Morgan fingerprint density at radius 3 is 2.71 bits per heavy atom. The number of hydrogen-bond donors (Lipinski definition) is 1. The van der Waals surface area contributed by atoms with Gasteiger partial charge >= 0.3 is 0 Å². The summed E-state index contributed by atoms with van der Waals surface area (Å²) in [5.74, 6) is 0.827. The monoisotopic (exact) mass is 235 g/mol. The standard InChI is InChI=1S/C14H21NO2/c1-5-11(9-15-3)14(16)12-8-10(2)6-7-13(12)17-4/h6-8,11,15H,5,9H2,1-4H3. The molecule has 1 aromatic carbocycles. The fourth-order valence-corrected chi connectivity index (χ4v) is 1.90. The molecule has 0 aliphatic carbocycles. The van der Waals surface area contributed by atoms with E-state index in [1.54, 1.807) is 7.11 Å². The van der Waals surface area contributed by atoms with Gasteiger partial charge in [-0.15, -0.1) is 0 Å². The molecule has 0 bridgehead atoms. The molecule has 1 N–H and O–H groups in total. The molecule has 0 amide bonds. The zero-order valence-electron chi connectivity index (χ0n) is 11.0. The van der Waals surface area contributed by atoms with E-state index < -0.39 is 0 Å². The van der Waals surface area contributed by atoms with Gasteiger partial charge in [0.15, 0.2) is 5.78 Å². The van der Waals surface area contributed by atoms with Crippen LogP contribution in [0.1, 0.15) is 29.3 Å². The highest BCUT2D eigenvalue weighted by Gasteiger charge is 2.20. The van der Waals surface area contributed by atoms with E-state index in [-0.39, 0.29) is 11.7 Å². The van der Waals surface area contributed by atoms with Crippen LogP contribution in [-0.2, 0) is 0 Å². The predicted molar refractivity (Wildman–Crippen MR) is 69.8 cm³/mol. The van der Waals surface area contributed by atoms with Crippen molar-refractivity contribution in [3.05, 3.63) is 29.3 Å². The summed E-state index contributed by atoms with van der Waals surface area (Å²) in [6, 6.07) is 5.71. The molecule has 0 aliphatic heterocycles. The Labute approximate surface area is 103 Å². The number of methoxy groups -OCH3 is 1. The second-order valence-corrected chi connectivity index (χ2v) is 4.23. The first-order valence-electron chi connectivity index (χ1n) is 5.97. The summed E-state index contributed by atoms with van der Waals surface area (Å²) in [6.07, 6.45) is 0.830. The summed E-state index contributed by atoms with van der Waals surface area (Å²) in [7, 11) is 3.46. The minimum atomic E-state index is 0.00991. The molecule has 1 rings (SSSR count). The number of ketones is 1. The third kappa shape index (κ3) is 3.30. The molecule has 1 aromatic rings. The molecular formula is C14H21NO2. The topological polar surface area (TPSA) is 38.3 Å². The van der Waals surface area contributed by atoms with Gasteiger partial charge in [0, 0.05) is 12.5 Å². The van der Waals surface area contributed by atoms with Crippen molar-refractivity contribution in [1.82, 2.24) is 5.32 Å². The van der Waals surface area contributed by atoms with Gasteiger partial charge in [0.1, 0.15) is 5.75 Å². The molecular weight excluding hydrogens is 214 g/mol. The van der Waals surface area contributed by atoms with E-state index in [2.05, 4.69) is 5.32 Å². The molecule has 0 heterocycles. The molecule has 0 fully saturated rings. The molecule has 1 atom stereocenters. The summed E-state index contributed by atoms with van der Waals surface area (Å²) in [5, 5.41) is 3.06. The molecule has 0 radical (unpaired) electrons. The minimum absolute atomic E-state index is 0.00991. The van der Waals surface area contributed by atoms with Crippen molar-refractivity contribution in [3.63, 3.8) is 0 Å². The average Bonchev–Trinajstić information content (AvgIpc) is 2.35. The van der Waals surface area contributed by atoms with Gasteiger partial charge < -0.3 is 10.1 Å². The lowest BCUT2D eigenvalue weighted by Gasteiger charge is -2.15. The molecule has 1 unspecified atom stereocenters. The molecule has 0 saturated heterocycles. The molecule has 3 heteroatoms. The van der Waals surface area contributed by atoms with Crippen LogP contribution in [0.15, 0.2) is 18.2 Å². The van der Waals surface area contributed by atoms with Crippen molar-refractivity contribution in [2.75, 3.05) is 20.7 Å². The summed E-state index contributed by atoms with van der Waals surface area (Å²) in [5.41, 5.74) is 1.77. The van der Waals surface area contributed by atoms with Crippen molar-refractivity contribution < 1.29 is 9.53 Å². The van der Waals surface area contributed by atoms with E-state index in [1.165, 1.54) is 0 Å². The van der Waals surface area contributed by atoms with Crippen LogP contribution in [0.2, 0.25) is 0 Å². The van der Waals surface area contributed by atoms with Gasteiger partial charge in [-0.05, 0) is 32.5 Å². The highest BCUT2D eigenvalue weighted by molar-refractivity contribution is 6.00. The number of benzene rings is 1. The second kappa shape index (κ2) is 6.40. The Morgan fingerprint density at radius 1 is 1.47 bits per heavy atom. The lowest BCUT2D eigenvalue weighted by Crippen LogP contribution is -2.26. The number of nitrogens with one attached hydrogen (secondary N) is 1. The SMILES string of the molecule is CCC(CNC)C(=O)c1cc(C)ccc1OC. The van der Waals surface area contributed by atoms with Crippen molar-refractivity contribution in [3.8, 4) is 5.75 Å². The van der Waals surface area contributed by atoms with Crippen LogP contribution in [0.4, 0.5) is 0 Å². The highest BCUT2D eigenvalue weighted by Crippen LogP contribution is 2.23. The number of carbonyl (C=O) groups excluding carboxylic acids is 1. The number of Topliss-reactive ketones (excluding diaryl/α,β-unsaturated/α-hetero) is 1. The van der Waals surface area contributed by atoms with Gasteiger partial charge in [-0.3, -0.25) is 4.79 Å². The maximum Gasteiger partial charge on any atom is 0.170 e. The van der Waals surface area contributed by atoms with Gasteiger partial charge in [-0.25, -0.2) is 0 Å². The van der Waals surface area contributed by atoms with Gasteiger partial charge in [0.05, 0.1) is 12.7 Å². The maximum absolute atomic E-state index is 12.4. The molecule has 0 aromatic heterocycles. The number of aryl methyl sites for hydroxylation is 1. The average molecular weight is 235 g/mol. The van der Waals surface area contributed by atoms with Gasteiger partial charge in [-0.1, -0.05) is 18.6 Å². The van der Waals surface area contributed by atoms with E-state index in [0.29, 0.717) is 17.9 Å². The van der Waals surface area contributed by atoms with Crippen molar-refractivity contribution in [1.29, 1.82) is 0 Å². The number of hydrogen-bond acceptors (Lipinski definition) is 3. The summed E-state index contributed by atoms with van der Waals surface area (Å²) in [6.45, 7) is 4.71. The van der Waals surface area contributed by atoms with Crippen LogP contribution in [0, 0.1) is 12.8 Å². The highest BCUT2D eigenvalue weighted by atomic mass is 16.5. The van der Waals surface area contributed by atoms with E-state index in [9.17, 15) is 4.79 Å². The van der Waals surface area contributed by atoms with E-state index in [1.807, 2.05) is 39.1 Å². The molecule has 0 saturated carbocycles. The Bertz CT molecular complexity index is 388. The quantitative estimate of drug-likeness (QED) is 0.770. The van der Waals surface area contributed by atoms with Crippen LogP contribution in [-0.4, -0.2) is 26.5 Å². The Kier molecular flexibility index (Phi) is 5.16. The normalized spacial score (nSPS) is 12.2. The van der Waals surface area contributed by atoms with Crippen molar-refractivity contribution in [2.45, 2.75) is 20.3 Å². The van der Waals surface area contributed by atoms with Crippen molar-refractivity contribution >= 4 is 5.78 Å². The molecule has 17 heavy (non-hydrogen) atoms. The first-order chi connectivity index (χ1) is 8.13. The maximum atomic E-state index is 12.4. The second-order valence-electron chi connectivity index (χ2n) is 4.23. The zero-order valence-corrected chi connectivity index (χ0v) is 11.0. The summed E-state index contributed by atoms with van der Waals surface area (Å²) in [4.78, 5) is 12.4. The lowest BCUT2D eigenvalue weighted by atomic mass is 9.93. The molecule has 3 nitrogen and oxygen atoms in total. The van der Waals surface area contributed by atoms with Crippen LogP contribution in [0.3, 0.4) is 0 Å². The van der Waals surface area contributed by atoms with Crippen LogP contribution in [0.5, 0.6) is 5.75 Å². The number of carbonyl (C=O) groups is 1. The van der Waals surface area contributed by atoms with Gasteiger partial charge in [0.2, 0.25) is 0 Å². The lowest BCUT2D eigenvalue weighted by molar-refractivity contribution is 0.0913. The van der Waals surface area contributed by atoms with E-state index >= 15 is 0 Å². The van der Waals surface area contributed by atoms with Gasteiger partial charge in [-0.2, -0.15) is 0 Å². The fraction of sp³-hybridized carbons (Fsp3) is 0.500. The zero-order chi connectivity index (χ0) is 12.8. The molecule has 0 aliphatic rings. The largest absolute Gasteiger partial charge is 0.496 e. The third-order valence-electron chi connectivity index (χ3n) is 2.93. The Balaban J connectivity index is 3.04. The van der Waals surface area contributed by atoms with Crippen molar-refractivity contribution in [2.24, 2.45) is 5.92 Å². The fourth-order valence-electron chi connectivity index (χ4n) is 1.90. The molecule has 94 valence electrons. The minimum Gasteiger partial charge on any atom is -0.496 e. The first-order valence-corrected chi connectivity index (χ1v) is 5.97. The smallest absolute Gasteiger partial charge is 0.170 e. The number of rotatable bonds is 6.